The summed E-state index contributed by atoms with van der Waals surface area (Å²) in [5.74, 6) is 0. The number of unbranched alkanes of at least 4 members (excludes halogenated alkanes) is 4. The molecule has 29 heavy (non-hydrogen) atoms. The molecule has 1 aromatic carbocycles. The normalized spacial score (nSPS) is 15.4. The molecule has 0 amide bonds. The van der Waals surface area contributed by atoms with Gasteiger partial charge in [0.1, 0.15) is 5.60 Å². The molecule has 1 saturated carbocycles. The largest absolute Gasteiger partial charge is 0.461 e. The lowest BCUT2D eigenvalue weighted by molar-refractivity contribution is -0.135. The van der Waals surface area contributed by atoms with Crippen LogP contribution in [0.1, 0.15) is 113 Å². The average molecular weight is 401 g/mol. The Hall–Kier alpha value is -1.31. The fourth-order valence-electron chi connectivity index (χ4n) is 4.46. The summed E-state index contributed by atoms with van der Waals surface area (Å²) in [4.78, 5) is 10.6. The SMILES string of the molecule is Cc1c(CCCCCC(C)(C)C)cc(CCCCCC2(OC=O)CC2)c(C)c1C. The third kappa shape index (κ3) is 7.79. The van der Waals surface area contributed by atoms with E-state index < -0.39 is 0 Å². The highest BCUT2D eigenvalue weighted by Gasteiger charge is 2.44. The number of hydrogen-bond donors (Lipinski definition) is 0. The maximum absolute atomic E-state index is 10.6. The highest BCUT2D eigenvalue weighted by molar-refractivity contribution is 5.44. The first-order valence-electron chi connectivity index (χ1n) is 11.9. The summed E-state index contributed by atoms with van der Waals surface area (Å²) < 4.78 is 5.26. The van der Waals surface area contributed by atoms with Crippen LogP contribution in [0.5, 0.6) is 0 Å². The van der Waals surface area contributed by atoms with Crippen molar-refractivity contribution in [2.24, 2.45) is 5.41 Å². The minimum Gasteiger partial charge on any atom is -0.461 e. The van der Waals surface area contributed by atoms with E-state index >= 15 is 0 Å². The molecule has 0 heterocycles. The minimum absolute atomic E-state index is 0.0850. The standard InChI is InChI=1S/C27H44O2/c1-21-22(2)24(13-9-7-11-15-26(4,5)6)19-25(23(21)3)14-10-8-12-16-27(17-18-27)29-20-28/h19-20H,7-18H2,1-6H3. The van der Waals surface area contributed by atoms with Crippen LogP contribution in [0.3, 0.4) is 0 Å². The first kappa shape index (κ1) is 24.0. The van der Waals surface area contributed by atoms with Crippen molar-refractivity contribution in [2.45, 2.75) is 124 Å². The van der Waals surface area contributed by atoms with Crippen molar-refractivity contribution in [1.29, 1.82) is 0 Å². The molecular weight excluding hydrogens is 356 g/mol. The van der Waals surface area contributed by atoms with Gasteiger partial charge in [0.2, 0.25) is 0 Å². The highest BCUT2D eigenvalue weighted by Crippen LogP contribution is 2.43. The van der Waals surface area contributed by atoms with E-state index in [1.807, 2.05) is 0 Å². The summed E-state index contributed by atoms with van der Waals surface area (Å²) >= 11 is 0. The maximum atomic E-state index is 10.6. The molecule has 0 radical (unpaired) electrons. The zero-order valence-corrected chi connectivity index (χ0v) is 20.0. The predicted octanol–water partition coefficient (Wildman–Crippen LogP) is 7.57. The van der Waals surface area contributed by atoms with Crippen LogP contribution in [-0.2, 0) is 22.4 Å². The molecular formula is C27H44O2. The van der Waals surface area contributed by atoms with Gasteiger partial charge in [-0.15, -0.1) is 0 Å². The Morgan fingerprint density at radius 1 is 0.862 bits per heavy atom. The smallest absolute Gasteiger partial charge is 0.293 e. The van der Waals surface area contributed by atoms with Gasteiger partial charge in [-0.3, -0.25) is 4.79 Å². The number of aryl methyl sites for hydroxylation is 2. The van der Waals surface area contributed by atoms with Gasteiger partial charge < -0.3 is 4.74 Å². The first-order valence-corrected chi connectivity index (χ1v) is 11.9. The summed E-state index contributed by atoms with van der Waals surface area (Å²) in [7, 11) is 0. The van der Waals surface area contributed by atoms with Crippen LogP contribution in [0, 0.1) is 26.2 Å². The number of benzene rings is 1. The van der Waals surface area contributed by atoms with Gasteiger partial charge in [0, 0.05) is 0 Å². The van der Waals surface area contributed by atoms with Crippen molar-refractivity contribution in [3.05, 3.63) is 33.9 Å². The minimum atomic E-state index is -0.0850. The van der Waals surface area contributed by atoms with Crippen molar-refractivity contribution in [2.75, 3.05) is 0 Å². The lowest BCUT2D eigenvalue weighted by Gasteiger charge is -2.18. The molecule has 2 heteroatoms. The molecule has 2 rings (SSSR count). The van der Waals surface area contributed by atoms with E-state index in [1.165, 1.54) is 74.5 Å². The summed E-state index contributed by atoms with van der Waals surface area (Å²) in [5.41, 5.74) is 7.97. The van der Waals surface area contributed by atoms with Gasteiger partial charge in [-0.1, -0.05) is 46.1 Å². The van der Waals surface area contributed by atoms with E-state index in [4.69, 9.17) is 4.74 Å². The second-order valence-corrected chi connectivity index (χ2v) is 10.6. The number of hydrogen-bond acceptors (Lipinski definition) is 2. The van der Waals surface area contributed by atoms with Crippen LogP contribution in [0.15, 0.2) is 6.07 Å². The average Bonchev–Trinajstić information content (AvgIpc) is 3.41. The van der Waals surface area contributed by atoms with Crippen LogP contribution in [0.4, 0.5) is 0 Å². The Kier molecular flexibility index (Phi) is 8.79. The Bertz CT molecular complexity index is 662. The van der Waals surface area contributed by atoms with Crippen molar-refractivity contribution < 1.29 is 9.53 Å². The highest BCUT2D eigenvalue weighted by atomic mass is 16.5. The Morgan fingerprint density at radius 2 is 1.41 bits per heavy atom. The topological polar surface area (TPSA) is 26.3 Å². The summed E-state index contributed by atoms with van der Waals surface area (Å²) in [6.07, 6.45) is 14.5. The van der Waals surface area contributed by atoms with E-state index in [-0.39, 0.29) is 5.60 Å². The molecule has 1 aliphatic carbocycles. The van der Waals surface area contributed by atoms with Crippen LogP contribution < -0.4 is 0 Å². The van der Waals surface area contributed by atoms with Gasteiger partial charge in [-0.25, -0.2) is 0 Å². The molecule has 0 aromatic heterocycles. The van der Waals surface area contributed by atoms with Gasteiger partial charge in [0.05, 0.1) is 0 Å². The van der Waals surface area contributed by atoms with Crippen molar-refractivity contribution in [3.63, 3.8) is 0 Å². The monoisotopic (exact) mass is 400 g/mol. The van der Waals surface area contributed by atoms with Gasteiger partial charge in [0.15, 0.2) is 0 Å². The maximum Gasteiger partial charge on any atom is 0.293 e. The first-order chi connectivity index (χ1) is 13.7. The lowest BCUT2D eigenvalue weighted by atomic mass is 9.87. The molecule has 0 bridgehead atoms. The quantitative estimate of drug-likeness (QED) is 0.252. The number of rotatable bonds is 13. The van der Waals surface area contributed by atoms with Crippen molar-refractivity contribution in [3.8, 4) is 0 Å². The van der Waals surface area contributed by atoms with Crippen molar-refractivity contribution >= 4 is 6.47 Å². The molecule has 0 spiro atoms. The number of ether oxygens (including phenoxy) is 1. The van der Waals surface area contributed by atoms with E-state index in [2.05, 4.69) is 47.6 Å². The summed E-state index contributed by atoms with van der Waals surface area (Å²) in [5, 5.41) is 0. The molecule has 2 nitrogen and oxygen atoms in total. The van der Waals surface area contributed by atoms with Crippen LogP contribution in [-0.4, -0.2) is 12.1 Å². The van der Waals surface area contributed by atoms with Gasteiger partial charge in [0.25, 0.3) is 6.47 Å². The van der Waals surface area contributed by atoms with E-state index in [9.17, 15) is 4.79 Å². The fraction of sp³-hybridized carbons (Fsp3) is 0.741. The zero-order valence-electron chi connectivity index (χ0n) is 20.0. The van der Waals surface area contributed by atoms with E-state index in [0.29, 0.717) is 11.9 Å². The van der Waals surface area contributed by atoms with Crippen LogP contribution in [0.25, 0.3) is 0 Å². The molecule has 0 aliphatic heterocycles. The van der Waals surface area contributed by atoms with Crippen LogP contribution in [0.2, 0.25) is 0 Å². The summed E-state index contributed by atoms with van der Waals surface area (Å²) in [6.45, 7) is 14.5. The summed E-state index contributed by atoms with van der Waals surface area (Å²) in [6, 6.07) is 2.50. The molecule has 0 unspecified atom stereocenters. The van der Waals surface area contributed by atoms with Gasteiger partial charge in [-0.05, 0) is 112 Å². The third-order valence-corrected chi connectivity index (χ3v) is 6.99. The Morgan fingerprint density at radius 3 is 1.90 bits per heavy atom. The van der Waals surface area contributed by atoms with Gasteiger partial charge >= 0.3 is 0 Å². The zero-order chi connectivity index (χ0) is 21.5. The second-order valence-electron chi connectivity index (χ2n) is 10.6. The molecule has 0 N–H and O–H groups in total. The molecule has 1 aromatic rings. The number of carbonyl (C=O) groups excluding carboxylic acids is 1. The second kappa shape index (κ2) is 10.6. The molecule has 164 valence electrons. The molecule has 0 saturated heterocycles. The molecule has 0 atom stereocenters. The fourth-order valence-corrected chi connectivity index (χ4v) is 4.46. The molecule has 1 fully saturated rings. The Labute approximate surface area is 179 Å². The Balaban J connectivity index is 1.80. The third-order valence-electron chi connectivity index (χ3n) is 6.99. The number of carbonyl (C=O) groups is 1. The predicted molar refractivity (Wildman–Crippen MR) is 124 cm³/mol. The van der Waals surface area contributed by atoms with E-state index in [1.54, 1.807) is 11.1 Å². The van der Waals surface area contributed by atoms with Crippen LogP contribution >= 0.6 is 0 Å². The van der Waals surface area contributed by atoms with Crippen molar-refractivity contribution in [1.82, 2.24) is 0 Å². The molecule has 1 aliphatic rings. The van der Waals surface area contributed by atoms with Gasteiger partial charge in [-0.2, -0.15) is 0 Å². The lowest BCUT2D eigenvalue weighted by Crippen LogP contribution is -2.12. The van der Waals surface area contributed by atoms with E-state index in [0.717, 1.165) is 19.3 Å².